The van der Waals surface area contributed by atoms with E-state index in [-0.39, 0.29) is 17.7 Å². The normalized spacial score (nSPS) is 13.3. The van der Waals surface area contributed by atoms with Crippen LogP contribution in [0, 0.1) is 0 Å². The fourth-order valence-corrected chi connectivity index (χ4v) is 2.51. The summed E-state index contributed by atoms with van der Waals surface area (Å²) < 4.78 is 5.08. The molecule has 3 rings (SSSR count). The molecule has 0 saturated carbocycles. The molecule has 1 aliphatic heterocycles. The summed E-state index contributed by atoms with van der Waals surface area (Å²) >= 11 is 0. The molecule has 3 amide bonds. The van der Waals surface area contributed by atoms with Crippen LogP contribution in [0.2, 0.25) is 0 Å². The van der Waals surface area contributed by atoms with Crippen LogP contribution in [0.15, 0.2) is 48.5 Å². The molecule has 1 aliphatic rings. The van der Waals surface area contributed by atoms with Gasteiger partial charge in [-0.05, 0) is 42.0 Å². The Hall–Kier alpha value is -3.41. The molecule has 0 aliphatic carbocycles. The van der Waals surface area contributed by atoms with Gasteiger partial charge >= 0.3 is 0 Å². The summed E-state index contributed by atoms with van der Waals surface area (Å²) in [5.74, 6) is -0.299. The molecule has 0 saturated heterocycles. The second-order valence-electron chi connectivity index (χ2n) is 5.53. The van der Waals surface area contributed by atoms with Crippen molar-refractivity contribution in [1.29, 1.82) is 0 Å². The van der Waals surface area contributed by atoms with Crippen molar-refractivity contribution in [2.45, 2.75) is 0 Å². The van der Waals surface area contributed by atoms with E-state index in [2.05, 4.69) is 5.32 Å². The lowest BCUT2D eigenvalue weighted by molar-refractivity contribution is -0.111. The van der Waals surface area contributed by atoms with E-state index in [0.717, 1.165) is 16.2 Å². The molecule has 6 heteroatoms. The second-order valence-corrected chi connectivity index (χ2v) is 5.53. The molecular formula is C19H16N2O4. The van der Waals surface area contributed by atoms with Gasteiger partial charge in [0, 0.05) is 18.8 Å². The van der Waals surface area contributed by atoms with Gasteiger partial charge in [0.15, 0.2) is 0 Å². The van der Waals surface area contributed by atoms with Crippen LogP contribution >= 0.6 is 0 Å². The van der Waals surface area contributed by atoms with Crippen molar-refractivity contribution in [1.82, 2.24) is 4.90 Å². The van der Waals surface area contributed by atoms with Gasteiger partial charge in [0.25, 0.3) is 11.8 Å². The minimum atomic E-state index is -0.370. The molecule has 25 heavy (non-hydrogen) atoms. The molecule has 0 bridgehead atoms. The number of nitrogens with one attached hydrogen (secondary N) is 1. The summed E-state index contributed by atoms with van der Waals surface area (Å²) in [5, 5.41) is 2.68. The molecule has 6 nitrogen and oxygen atoms in total. The predicted molar refractivity (Wildman–Crippen MR) is 93.5 cm³/mol. The fourth-order valence-electron chi connectivity index (χ4n) is 2.51. The van der Waals surface area contributed by atoms with Gasteiger partial charge in [0.1, 0.15) is 5.75 Å². The monoisotopic (exact) mass is 336 g/mol. The minimum absolute atomic E-state index is 0.296. The molecular weight excluding hydrogens is 320 g/mol. The van der Waals surface area contributed by atoms with Gasteiger partial charge < -0.3 is 10.1 Å². The number of fused-ring (bicyclic) bond motifs is 1. The highest BCUT2D eigenvalue weighted by atomic mass is 16.5. The maximum Gasteiger partial charge on any atom is 0.261 e. The minimum Gasteiger partial charge on any atom is -0.497 e. The van der Waals surface area contributed by atoms with Crippen molar-refractivity contribution in [3.63, 3.8) is 0 Å². The summed E-state index contributed by atoms with van der Waals surface area (Å²) in [5.41, 5.74) is 1.95. The smallest absolute Gasteiger partial charge is 0.261 e. The zero-order chi connectivity index (χ0) is 18.0. The molecule has 126 valence electrons. The van der Waals surface area contributed by atoms with Crippen LogP contribution in [0.5, 0.6) is 5.75 Å². The molecule has 1 N–H and O–H groups in total. The highest BCUT2D eigenvalue weighted by Crippen LogP contribution is 2.24. The van der Waals surface area contributed by atoms with Crippen LogP contribution in [0.1, 0.15) is 26.3 Å². The maximum atomic E-state index is 12.0. The van der Waals surface area contributed by atoms with Crippen LogP contribution in [-0.4, -0.2) is 36.8 Å². The van der Waals surface area contributed by atoms with Gasteiger partial charge in [-0.1, -0.05) is 12.1 Å². The first-order valence-corrected chi connectivity index (χ1v) is 7.59. The molecule has 2 aromatic carbocycles. The first kappa shape index (κ1) is 16.4. The van der Waals surface area contributed by atoms with Gasteiger partial charge in [0.2, 0.25) is 5.91 Å². The van der Waals surface area contributed by atoms with Gasteiger partial charge in [-0.15, -0.1) is 0 Å². The molecule has 0 radical (unpaired) electrons. The van der Waals surface area contributed by atoms with E-state index in [9.17, 15) is 14.4 Å². The van der Waals surface area contributed by atoms with Gasteiger partial charge in [-0.2, -0.15) is 0 Å². The van der Waals surface area contributed by atoms with Crippen molar-refractivity contribution in [2.75, 3.05) is 19.5 Å². The highest BCUT2D eigenvalue weighted by molar-refractivity contribution is 6.21. The molecule has 0 spiro atoms. The van der Waals surface area contributed by atoms with Crippen LogP contribution in [0.4, 0.5) is 5.69 Å². The van der Waals surface area contributed by atoms with E-state index < -0.39 is 0 Å². The first-order valence-electron chi connectivity index (χ1n) is 7.59. The number of carbonyl (C=O) groups is 3. The topological polar surface area (TPSA) is 75.7 Å². The number of hydrogen-bond donors (Lipinski definition) is 1. The largest absolute Gasteiger partial charge is 0.497 e. The number of nitrogens with zero attached hydrogens (tertiary/aromatic N) is 1. The Bertz CT molecular complexity index is 885. The predicted octanol–water partition coefficient (Wildman–Crippen LogP) is 2.57. The van der Waals surface area contributed by atoms with Crippen molar-refractivity contribution < 1.29 is 19.1 Å². The summed E-state index contributed by atoms with van der Waals surface area (Å²) in [6.07, 6.45) is 3.07. The van der Waals surface area contributed by atoms with E-state index in [0.29, 0.717) is 16.8 Å². The third kappa shape index (κ3) is 3.28. The molecule has 2 aromatic rings. The van der Waals surface area contributed by atoms with Crippen molar-refractivity contribution in [3.05, 3.63) is 65.2 Å². The van der Waals surface area contributed by atoms with E-state index in [1.54, 1.807) is 37.5 Å². The van der Waals surface area contributed by atoms with E-state index in [1.807, 2.05) is 12.1 Å². The lowest BCUT2D eigenvalue weighted by atomic mass is 10.1. The Morgan fingerprint density at radius 2 is 1.72 bits per heavy atom. The van der Waals surface area contributed by atoms with Crippen LogP contribution < -0.4 is 10.1 Å². The summed E-state index contributed by atoms with van der Waals surface area (Å²) in [6, 6.07) is 11.9. The lowest BCUT2D eigenvalue weighted by Gasteiger charge is -2.04. The van der Waals surface area contributed by atoms with Crippen LogP contribution in [-0.2, 0) is 4.79 Å². The van der Waals surface area contributed by atoms with Gasteiger partial charge in [0.05, 0.1) is 18.2 Å². The Labute approximate surface area is 144 Å². The Kier molecular flexibility index (Phi) is 4.35. The number of rotatable bonds is 4. The maximum absolute atomic E-state index is 12.0. The number of methoxy groups -OCH3 is 1. The quantitative estimate of drug-likeness (QED) is 0.688. The molecule has 0 unspecified atom stereocenters. The van der Waals surface area contributed by atoms with Crippen LogP contribution in [0.25, 0.3) is 6.08 Å². The molecule has 0 fully saturated rings. The SMILES string of the molecule is COc1ccc(C=CC(=O)Nc2ccc3c(c2)C(=O)N(C)C3=O)cc1. The number of anilines is 1. The standard InChI is InChI=1S/C19H16N2O4/c1-21-18(23)15-9-6-13(11-16(15)19(21)24)20-17(22)10-5-12-3-7-14(25-2)8-4-12/h3-11H,1-2H3,(H,20,22). The van der Waals surface area contributed by atoms with Crippen molar-refractivity contribution in [2.24, 2.45) is 0 Å². The Morgan fingerprint density at radius 1 is 1.04 bits per heavy atom. The number of benzene rings is 2. The Morgan fingerprint density at radius 3 is 2.40 bits per heavy atom. The van der Waals surface area contributed by atoms with E-state index in [4.69, 9.17) is 4.74 Å². The molecule has 1 heterocycles. The van der Waals surface area contributed by atoms with Gasteiger partial charge in [-0.3, -0.25) is 19.3 Å². The van der Waals surface area contributed by atoms with Crippen LogP contribution in [0.3, 0.4) is 0 Å². The zero-order valence-corrected chi connectivity index (χ0v) is 13.8. The Balaban J connectivity index is 1.70. The number of hydrogen-bond acceptors (Lipinski definition) is 4. The summed E-state index contributed by atoms with van der Waals surface area (Å²) in [4.78, 5) is 36.9. The third-order valence-corrected chi connectivity index (χ3v) is 3.90. The average molecular weight is 336 g/mol. The third-order valence-electron chi connectivity index (χ3n) is 3.90. The molecule has 0 atom stereocenters. The van der Waals surface area contributed by atoms with E-state index in [1.165, 1.54) is 19.2 Å². The highest BCUT2D eigenvalue weighted by Gasteiger charge is 2.32. The number of carbonyl (C=O) groups excluding carboxylic acids is 3. The average Bonchev–Trinajstić information content (AvgIpc) is 2.84. The summed E-state index contributed by atoms with van der Waals surface area (Å²) in [6.45, 7) is 0. The zero-order valence-electron chi connectivity index (χ0n) is 13.8. The van der Waals surface area contributed by atoms with E-state index >= 15 is 0 Å². The number of amides is 3. The lowest BCUT2D eigenvalue weighted by Crippen LogP contribution is -2.24. The summed E-state index contributed by atoms with van der Waals surface area (Å²) in [7, 11) is 3.02. The fraction of sp³-hybridized carbons (Fsp3) is 0.105. The number of imide groups is 1. The number of ether oxygens (including phenoxy) is 1. The van der Waals surface area contributed by atoms with Crippen molar-refractivity contribution >= 4 is 29.5 Å². The first-order chi connectivity index (χ1) is 12.0. The molecule has 0 aromatic heterocycles. The second kappa shape index (κ2) is 6.60. The van der Waals surface area contributed by atoms with Crippen molar-refractivity contribution in [3.8, 4) is 5.75 Å². The van der Waals surface area contributed by atoms with Gasteiger partial charge in [-0.25, -0.2) is 0 Å².